The molecule has 1 heterocycles. The Morgan fingerprint density at radius 1 is 0.784 bits per heavy atom. The topological polar surface area (TPSA) is 89.5 Å². The molecule has 37 heavy (non-hydrogen) atoms. The zero-order valence-electron chi connectivity index (χ0n) is 18.8. The molecule has 0 aromatic heterocycles. The van der Waals surface area contributed by atoms with Gasteiger partial charge in [0.15, 0.2) is 5.78 Å². The number of ketones is 2. The van der Waals surface area contributed by atoms with E-state index in [1.54, 1.807) is 36.4 Å². The van der Waals surface area contributed by atoms with Crippen LogP contribution in [0.25, 0.3) is 10.8 Å². The van der Waals surface area contributed by atoms with E-state index < -0.39 is 35.5 Å². The number of hydrogen-bond donors (Lipinski definition) is 1. The number of cyclic esters (lactones) is 1. The van der Waals surface area contributed by atoms with Crippen molar-refractivity contribution >= 4 is 74.7 Å². The third-order valence-corrected chi connectivity index (χ3v) is 7.14. The van der Waals surface area contributed by atoms with Gasteiger partial charge in [-0.15, -0.1) is 0 Å². The molecule has 0 bridgehead atoms. The number of Topliss-reactive ketones (excluding diaryl/α,β-unsaturated/α-hetero) is 2. The minimum Gasteiger partial charge on any atom is -0.453 e. The normalized spacial score (nSPS) is 15.1. The van der Waals surface area contributed by atoms with Crippen LogP contribution >= 0.6 is 34.8 Å². The second-order valence-corrected chi connectivity index (χ2v) is 9.60. The van der Waals surface area contributed by atoms with Gasteiger partial charge in [-0.25, -0.2) is 4.79 Å². The summed E-state index contributed by atoms with van der Waals surface area (Å²) in [6.07, 6.45) is -1.29. The molecule has 0 fully saturated rings. The molecule has 0 spiro atoms. The van der Waals surface area contributed by atoms with E-state index in [4.69, 9.17) is 39.5 Å². The van der Waals surface area contributed by atoms with Gasteiger partial charge in [-0.05, 0) is 35.0 Å². The number of carbonyl (C=O) groups is 4. The highest BCUT2D eigenvalue weighted by molar-refractivity contribution is 6.47. The summed E-state index contributed by atoms with van der Waals surface area (Å²) >= 11 is 18.1. The van der Waals surface area contributed by atoms with Gasteiger partial charge in [0.25, 0.3) is 5.91 Å². The number of carbonyl (C=O) groups excluding carboxylic acids is 4. The summed E-state index contributed by atoms with van der Waals surface area (Å²) in [4.78, 5) is 53.0. The van der Waals surface area contributed by atoms with Crippen LogP contribution in [0.1, 0.15) is 32.4 Å². The second kappa shape index (κ2) is 9.98. The maximum absolute atomic E-state index is 13.8. The smallest absolute Gasteiger partial charge is 0.339 e. The number of rotatable bonds is 6. The Morgan fingerprint density at radius 3 is 2.24 bits per heavy atom. The van der Waals surface area contributed by atoms with Crippen molar-refractivity contribution in [2.24, 2.45) is 5.92 Å². The number of nitrogens with one attached hydrogen (secondary N) is 1. The van der Waals surface area contributed by atoms with Gasteiger partial charge < -0.3 is 10.1 Å². The Balaban J connectivity index is 1.55. The van der Waals surface area contributed by atoms with E-state index in [1.165, 1.54) is 18.2 Å². The van der Waals surface area contributed by atoms with Crippen LogP contribution in [-0.4, -0.2) is 23.4 Å². The number of fused-ring (bicyclic) bond motifs is 2. The van der Waals surface area contributed by atoms with Crippen molar-refractivity contribution in [2.45, 2.75) is 6.10 Å². The highest BCUT2D eigenvalue weighted by Gasteiger charge is 2.46. The fourth-order valence-electron chi connectivity index (χ4n) is 4.28. The summed E-state index contributed by atoms with van der Waals surface area (Å²) < 4.78 is 5.48. The van der Waals surface area contributed by atoms with Crippen LogP contribution in [0.15, 0.2) is 78.9 Å². The number of ether oxygens (including phenoxy) is 1. The zero-order chi connectivity index (χ0) is 26.3. The minimum atomic E-state index is -1.64. The molecule has 0 saturated heterocycles. The second-order valence-electron chi connectivity index (χ2n) is 8.38. The standard InChI is InChI=1S/C28H16Cl3NO5/c29-19-12-21(31)22(13-20(19)30)32-27(35)25(34)23(26-17-7-3-4-8-18(17)28(36)37-26)24(33)16-10-9-14-5-1-2-6-15(14)11-16/h1-13,23,26H,(H,32,35). The van der Waals surface area contributed by atoms with Crippen LogP contribution in [0.3, 0.4) is 0 Å². The summed E-state index contributed by atoms with van der Waals surface area (Å²) in [7, 11) is 0. The molecule has 1 aliphatic heterocycles. The lowest BCUT2D eigenvalue weighted by molar-refractivity contribution is -0.138. The van der Waals surface area contributed by atoms with Gasteiger partial charge in [0.05, 0.1) is 26.3 Å². The van der Waals surface area contributed by atoms with Crippen molar-refractivity contribution in [2.75, 3.05) is 5.32 Å². The Labute approximate surface area is 226 Å². The van der Waals surface area contributed by atoms with Crippen LogP contribution in [-0.2, 0) is 14.3 Å². The molecule has 2 unspecified atom stereocenters. The van der Waals surface area contributed by atoms with E-state index >= 15 is 0 Å². The zero-order valence-corrected chi connectivity index (χ0v) is 21.1. The highest BCUT2D eigenvalue weighted by Crippen LogP contribution is 2.39. The summed E-state index contributed by atoms with van der Waals surface area (Å²) in [5.41, 5.74) is 0.804. The van der Waals surface area contributed by atoms with Crippen molar-refractivity contribution in [3.8, 4) is 0 Å². The molecule has 4 aromatic carbocycles. The number of halogens is 3. The van der Waals surface area contributed by atoms with E-state index in [-0.39, 0.29) is 31.9 Å². The maximum Gasteiger partial charge on any atom is 0.339 e. The first kappa shape index (κ1) is 25.0. The third kappa shape index (κ3) is 4.71. The Kier molecular flexibility index (Phi) is 6.73. The molecule has 6 nitrogen and oxygen atoms in total. The SMILES string of the molecule is O=C(Nc1cc(Cl)c(Cl)cc1Cl)C(=O)C(C(=O)c1ccc2ccccc2c1)C1OC(=O)c2ccccc21. The molecule has 5 rings (SSSR count). The number of benzene rings is 4. The molecule has 1 amide bonds. The molecule has 9 heteroatoms. The average Bonchev–Trinajstić information content (AvgIpc) is 3.23. The summed E-state index contributed by atoms with van der Waals surface area (Å²) in [5, 5.41) is 4.38. The van der Waals surface area contributed by atoms with E-state index in [0.29, 0.717) is 5.56 Å². The first-order chi connectivity index (χ1) is 17.7. The molecular formula is C28H16Cl3NO5. The lowest BCUT2D eigenvalue weighted by Gasteiger charge is -2.21. The first-order valence-electron chi connectivity index (χ1n) is 11.1. The number of anilines is 1. The Hall–Kier alpha value is -3.71. The van der Waals surface area contributed by atoms with Crippen molar-refractivity contribution in [1.29, 1.82) is 0 Å². The van der Waals surface area contributed by atoms with Gasteiger partial charge in [-0.3, -0.25) is 14.4 Å². The largest absolute Gasteiger partial charge is 0.453 e. The lowest BCUT2D eigenvalue weighted by atomic mass is 9.84. The molecule has 1 aliphatic rings. The van der Waals surface area contributed by atoms with Gasteiger partial charge in [-0.2, -0.15) is 0 Å². The molecule has 0 aliphatic carbocycles. The summed E-state index contributed by atoms with van der Waals surface area (Å²) in [6, 6.07) is 21.4. The van der Waals surface area contributed by atoms with E-state index in [9.17, 15) is 19.2 Å². The van der Waals surface area contributed by atoms with Crippen LogP contribution in [0.5, 0.6) is 0 Å². The highest BCUT2D eigenvalue weighted by atomic mass is 35.5. The van der Waals surface area contributed by atoms with Crippen molar-refractivity contribution < 1.29 is 23.9 Å². The van der Waals surface area contributed by atoms with E-state index in [2.05, 4.69) is 5.32 Å². The monoisotopic (exact) mass is 551 g/mol. The predicted octanol–water partition coefficient (Wildman–Crippen LogP) is 6.72. The quantitative estimate of drug-likeness (QED) is 0.0943. The molecule has 1 N–H and O–H groups in total. The van der Waals surface area contributed by atoms with Gasteiger partial charge >= 0.3 is 5.97 Å². The Morgan fingerprint density at radius 2 is 1.46 bits per heavy atom. The fraction of sp³-hybridized carbons (Fsp3) is 0.0714. The van der Waals surface area contributed by atoms with E-state index in [1.807, 2.05) is 24.3 Å². The third-order valence-electron chi connectivity index (χ3n) is 6.10. The fourth-order valence-corrected chi connectivity index (χ4v) is 4.87. The van der Waals surface area contributed by atoms with Crippen molar-refractivity contribution in [3.05, 3.63) is 111 Å². The van der Waals surface area contributed by atoms with Crippen LogP contribution in [0, 0.1) is 5.92 Å². The number of hydrogen-bond acceptors (Lipinski definition) is 5. The molecular weight excluding hydrogens is 537 g/mol. The van der Waals surface area contributed by atoms with Crippen molar-refractivity contribution in [1.82, 2.24) is 0 Å². The molecule has 0 radical (unpaired) electrons. The number of esters is 1. The molecule has 4 aromatic rings. The first-order valence-corrected chi connectivity index (χ1v) is 12.2. The maximum atomic E-state index is 13.8. The van der Waals surface area contributed by atoms with Crippen LogP contribution in [0.4, 0.5) is 5.69 Å². The Bertz CT molecular complexity index is 1620. The van der Waals surface area contributed by atoms with Gasteiger partial charge in [0, 0.05) is 11.1 Å². The predicted molar refractivity (Wildman–Crippen MR) is 141 cm³/mol. The van der Waals surface area contributed by atoms with E-state index in [0.717, 1.165) is 10.8 Å². The molecule has 0 saturated carbocycles. The summed E-state index contributed by atoms with van der Waals surface area (Å²) in [6.45, 7) is 0. The number of amides is 1. The van der Waals surface area contributed by atoms with Crippen LogP contribution in [0.2, 0.25) is 15.1 Å². The van der Waals surface area contributed by atoms with Gasteiger partial charge in [0.1, 0.15) is 12.0 Å². The lowest BCUT2D eigenvalue weighted by Crippen LogP contribution is -2.38. The average molecular weight is 553 g/mol. The molecule has 184 valence electrons. The van der Waals surface area contributed by atoms with Crippen LogP contribution < -0.4 is 5.32 Å². The van der Waals surface area contributed by atoms with Gasteiger partial charge in [0.2, 0.25) is 5.78 Å². The summed E-state index contributed by atoms with van der Waals surface area (Å²) in [5.74, 6) is -5.22. The molecule has 2 atom stereocenters. The van der Waals surface area contributed by atoms with Crippen molar-refractivity contribution in [3.63, 3.8) is 0 Å². The van der Waals surface area contributed by atoms with Gasteiger partial charge in [-0.1, -0.05) is 89.4 Å². The minimum absolute atomic E-state index is 0.0372.